The highest BCUT2D eigenvalue weighted by Crippen LogP contribution is 2.18. The molecule has 29 heavy (non-hydrogen) atoms. The standard InChI is InChI=1S/C21H28N2O6/c1-4-16-19(20(25)27-5-2)17(23-21(26)22-16)13-29-18(24)10-7-11-28-15-9-6-8-14(3)12-15/h6,8-9,12,16H,4-5,7,10-11,13H2,1-3H3,(H2,22,23,26)/t16-/m1/s1. The normalized spacial score (nSPS) is 16.0. The van der Waals surface area contributed by atoms with E-state index in [4.69, 9.17) is 14.2 Å². The Bertz CT molecular complexity index is 774. The molecule has 0 bridgehead atoms. The number of urea groups is 1. The second-order valence-electron chi connectivity index (χ2n) is 6.60. The molecule has 1 aliphatic heterocycles. The molecule has 0 fully saturated rings. The van der Waals surface area contributed by atoms with Crippen LogP contribution in [0.4, 0.5) is 4.79 Å². The molecular weight excluding hydrogens is 376 g/mol. The monoisotopic (exact) mass is 404 g/mol. The second kappa shape index (κ2) is 11.1. The molecule has 2 N–H and O–H groups in total. The van der Waals surface area contributed by atoms with Crippen LogP contribution in [0.15, 0.2) is 35.5 Å². The minimum atomic E-state index is -0.538. The summed E-state index contributed by atoms with van der Waals surface area (Å²) < 4.78 is 15.9. The lowest BCUT2D eigenvalue weighted by atomic mass is 10.0. The third kappa shape index (κ3) is 6.81. The molecule has 1 aliphatic rings. The molecule has 0 spiro atoms. The SMILES string of the molecule is CCOC(=O)C1=C(COC(=O)CCCOc2cccc(C)c2)NC(=O)N[C@@H]1CC. The first kappa shape index (κ1) is 22.3. The minimum absolute atomic E-state index is 0.164. The van der Waals surface area contributed by atoms with Crippen molar-refractivity contribution in [2.75, 3.05) is 19.8 Å². The summed E-state index contributed by atoms with van der Waals surface area (Å²) in [6.07, 6.45) is 1.16. The number of benzene rings is 1. The summed E-state index contributed by atoms with van der Waals surface area (Å²) in [6.45, 7) is 5.91. The molecule has 0 unspecified atom stereocenters. The van der Waals surface area contributed by atoms with E-state index in [0.717, 1.165) is 11.3 Å². The van der Waals surface area contributed by atoms with Gasteiger partial charge in [-0.25, -0.2) is 9.59 Å². The van der Waals surface area contributed by atoms with E-state index < -0.39 is 24.0 Å². The Morgan fingerprint density at radius 1 is 1.17 bits per heavy atom. The van der Waals surface area contributed by atoms with Gasteiger partial charge in [0.2, 0.25) is 0 Å². The van der Waals surface area contributed by atoms with E-state index in [1.54, 1.807) is 6.92 Å². The van der Waals surface area contributed by atoms with Gasteiger partial charge >= 0.3 is 18.0 Å². The second-order valence-corrected chi connectivity index (χ2v) is 6.60. The molecule has 8 heteroatoms. The third-order valence-electron chi connectivity index (χ3n) is 4.31. The molecule has 158 valence electrons. The number of rotatable bonds is 10. The van der Waals surface area contributed by atoms with Crippen molar-refractivity contribution in [3.8, 4) is 5.75 Å². The van der Waals surface area contributed by atoms with Crippen LogP contribution < -0.4 is 15.4 Å². The summed E-state index contributed by atoms with van der Waals surface area (Å²) in [6, 6.07) is 6.74. The first-order valence-corrected chi connectivity index (χ1v) is 9.77. The van der Waals surface area contributed by atoms with Crippen molar-refractivity contribution in [3.05, 3.63) is 41.1 Å². The van der Waals surface area contributed by atoms with Crippen molar-refractivity contribution in [2.45, 2.75) is 46.1 Å². The highest BCUT2D eigenvalue weighted by Gasteiger charge is 2.31. The number of amides is 2. The average molecular weight is 404 g/mol. The third-order valence-corrected chi connectivity index (χ3v) is 4.31. The molecular formula is C21H28N2O6. The van der Waals surface area contributed by atoms with Crippen molar-refractivity contribution in [1.82, 2.24) is 10.6 Å². The Hall–Kier alpha value is -3.03. The van der Waals surface area contributed by atoms with Crippen LogP contribution in [0.2, 0.25) is 0 Å². The van der Waals surface area contributed by atoms with Gasteiger partial charge in [-0.05, 0) is 44.4 Å². The number of aryl methyl sites for hydroxylation is 1. The van der Waals surface area contributed by atoms with Crippen molar-refractivity contribution >= 4 is 18.0 Å². The number of carbonyl (C=O) groups excluding carboxylic acids is 3. The fourth-order valence-corrected chi connectivity index (χ4v) is 2.91. The first-order chi connectivity index (χ1) is 13.9. The maximum atomic E-state index is 12.3. The van der Waals surface area contributed by atoms with Crippen LogP contribution in [-0.2, 0) is 19.1 Å². The topological polar surface area (TPSA) is 103 Å². The highest BCUT2D eigenvalue weighted by atomic mass is 16.5. The van der Waals surface area contributed by atoms with Crippen molar-refractivity contribution in [1.29, 1.82) is 0 Å². The lowest BCUT2D eigenvalue weighted by molar-refractivity contribution is -0.144. The lowest BCUT2D eigenvalue weighted by Gasteiger charge is -2.28. The fourth-order valence-electron chi connectivity index (χ4n) is 2.91. The van der Waals surface area contributed by atoms with Crippen LogP contribution in [-0.4, -0.2) is 43.8 Å². The summed E-state index contributed by atoms with van der Waals surface area (Å²) in [5, 5.41) is 5.21. The number of ether oxygens (including phenoxy) is 3. The maximum absolute atomic E-state index is 12.3. The molecule has 0 aromatic heterocycles. The zero-order valence-electron chi connectivity index (χ0n) is 17.1. The Morgan fingerprint density at radius 3 is 2.66 bits per heavy atom. The van der Waals surface area contributed by atoms with E-state index in [2.05, 4.69) is 10.6 Å². The van der Waals surface area contributed by atoms with Crippen molar-refractivity contribution in [2.24, 2.45) is 0 Å². The maximum Gasteiger partial charge on any atom is 0.338 e. The van der Waals surface area contributed by atoms with Crippen LogP contribution in [0.3, 0.4) is 0 Å². The smallest absolute Gasteiger partial charge is 0.338 e. The van der Waals surface area contributed by atoms with Crippen LogP contribution >= 0.6 is 0 Å². The largest absolute Gasteiger partial charge is 0.494 e. The van der Waals surface area contributed by atoms with Gasteiger partial charge in [-0.3, -0.25) is 4.79 Å². The molecule has 0 aliphatic carbocycles. The van der Waals surface area contributed by atoms with Gasteiger partial charge in [0.1, 0.15) is 12.4 Å². The molecule has 0 saturated carbocycles. The Labute approximate surface area is 170 Å². The number of esters is 2. The minimum Gasteiger partial charge on any atom is -0.494 e. The first-order valence-electron chi connectivity index (χ1n) is 9.77. The molecule has 1 aromatic rings. The van der Waals surface area contributed by atoms with Gasteiger partial charge in [0.25, 0.3) is 0 Å². The number of carbonyl (C=O) groups is 3. The summed E-state index contributed by atoms with van der Waals surface area (Å²) in [5.74, 6) is -0.218. The van der Waals surface area contributed by atoms with E-state index in [1.165, 1.54) is 0 Å². The van der Waals surface area contributed by atoms with Crippen LogP contribution in [0.1, 0.15) is 38.7 Å². The summed E-state index contributed by atoms with van der Waals surface area (Å²) in [5.41, 5.74) is 1.63. The van der Waals surface area contributed by atoms with Gasteiger partial charge in [0.05, 0.1) is 30.5 Å². The molecule has 0 radical (unpaired) electrons. The summed E-state index contributed by atoms with van der Waals surface area (Å²) in [7, 11) is 0. The van der Waals surface area contributed by atoms with Crippen LogP contribution in [0, 0.1) is 6.92 Å². The zero-order chi connectivity index (χ0) is 21.2. The quantitative estimate of drug-likeness (QED) is 0.459. The molecule has 1 aromatic carbocycles. The summed E-state index contributed by atoms with van der Waals surface area (Å²) in [4.78, 5) is 36.1. The molecule has 8 nitrogen and oxygen atoms in total. The fraction of sp³-hybridized carbons (Fsp3) is 0.476. The van der Waals surface area contributed by atoms with Gasteiger partial charge in [0, 0.05) is 6.42 Å². The molecule has 1 heterocycles. The van der Waals surface area contributed by atoms with Gasteiger partial charge < -0.3 is 24.8 Å². The van der Waals surface area contributed by atoms with E-state index in [1.807, 2.05) is 38.1 Å². The lowest BCUT2D eigenvalue weighted by Crippen LogP contribution is -2.51. The van der Waals surface area contributed by atoms with Gasteiger partial charge in [0.15, 0.2) is 0 Å². The highest BCUT2D eigenvalue weighted by molar-refractivity contribution is 5.94. The molecule has 1 atom stereocenters. The zero-order valence-corrected chi connectivity index (χ0v) is 17.1. The van der Waals surface area contributed by atoms with E-state index >= 15 is 0 Å². The van der Waals surface area contributed by atoms with Gasteiger partial charge in [-0.2, -0.15) is 0 Å². The van der Waals surface area contributed by atoms with Crippen molar-refractivity contribution in [3.63, 3.8) is 0 Å². The van der Waals surface area contributed by atoms with Crippen LogP contribution in [0.5, 0.6) is 5.75 Å². The summed E-state index contributed by atoms with van der Waals surface area (Å²) >= 11 is 0. The number of nitrogens with one attached hydrogen (secondary N) is 2. The predicted octanol–water partition coefficient (Wildman–Crippen LogP) is 2.61. The molecule has 0 saturated heterocycles. The van der Waals surface area contributed by atoms with E-state index in [9.17, 15) is 14.4 Å². The van der Waals surface area contributed by atoms with Crippen molar-refractivity contribution < 1.29 is 28.6 Å². The number of hydrogen-bond donors (Lipinski definition) is 2. The van der Waals surface area contributed by atoms with Gasteiger partial charge in [-0.15, -0.1) is 0 Å². The Morgan fingerprint density at radius 2 is 1.97 bits per heavy atom. The molecule has 2 rings (SSSR count). The molecule has 2 amide bonds. The van der Waals surface area contributed by atoms with E-state index in [-0.39, 0.29) is 30.9 Å². The average Bonchev–Trinajstić information content (AvgIpc) is 2.69. The predicted molar refractivity (Wildman–Crippen MR) is 106 cm³/mol. The van der Waals surface area contributed by atoms with E-state index in [0.29, 0.717) is 19.4 Å². The van der Waals surface area contributed by atoms with Gasteiger partial charge in [-0.1, -0.05) is 19.1 Å². The Balaban J connectivity index is 1.87. The number of hydrogen-bond acceptors (Lipinski definition) is 6. The Kier molecular flexibility index (Phi) is 8.51. The van der Waals surface area contributed by atoms with Crippen LogP contribution in [0.25, 0.3) is 0 Å².